The average molecular weight is 311 g/mol. The van der Waals surface area contributed by atoms with Crippen molar-refractivity contribution in [3.63, 3.8) is 0 Å². The fourth-order valence-corrected chi connectivity index (χ4v) is 2.74. The first-order valence-corrected chi connectivity index (χ1v) is 7.61. The summed E-state index contributed by atoms with van der Waals surface area (Å²) in [5.74, 6) is -0.664. The molecule has 0 unspecified atom stereocenters. The van der Waals surface area contributed by atoms with E-state index in [4.69, 9.17) is 0 Å². The van der Waals surface area contributed by atoms with Crippen LogP contribution < -0.4 is 5.32 Å². The molecule has 2 nitrogen and oxygen atoms in total. The lowest BCUT2D eigenvalue weighted by Gasteiger charge is -2.16. The van der Waals surface area contributed by atoms with Crippen LogP contribution in [0, 0.1) is 0 Å². The standard InChI is InChI=1S/C17H20F3NO/c18-17(19,20)15(13-8-4-3-5-9-13)12-16(22)21-14-10-6-1-2-7-11-14/h3-5,8-9,12,14H,1-2,6-7,10-11H2,(H,21,22)/b15-12+. The first-order valence-electron chi connectivity index (χ1n) is 7.61. The van der Waals surface area contributed by atoms with Crippen LogP contribution in [0.25, 0.3) is 5.57 Å². The third kappa shape index (κ3) is 4.90. The lowest BCUT2D eigenvalue weighted by molar-refractivity contribution is -0.117. The molecule has 1 aliphatic rings. The van der Waals surface area contributed by atoms with Crippen molar-refractivity contribution in [3.05, 3.63) is 42.0 Å². The summed E-state index contributed by atoms with van der Waals surface area (Å²) in [5, 5.41) is 2.72. The number of carbonyl (C=O) groups excluding carboxylic acids is 1. The van der Waals surface area contributed by atoms with Crippen molar-refractivity contribution in [1.82, 2.24) is 5.32 Å². The van der Waals surface area contributed by atoms with Crippen molar-refractivity contribution in [2.24, 2.45) is 0 Å². The van der Waals surface area contributed by atoms with Crippen LogP contribution in [0.1, 0.15) is 44.1 Å². The van der Waals surface area contributed by atoms with Crippen LogP contribution in [0.2, 0.25) is 0 Å². The average Bonchev–Trinajstić information content (AvgIpc) is 2.73. The summed E-state index contributed by atoms with van der Waals surface area (Å²) in [6.45, 7) is 0. The molecule has 0 saturated heterocycles. The summed E-state index contributed by atoms with van der Waals surface area (Å²) < 4.78 is 39.5. The Morgan fingerprint density at radius 2 is 1.64 bits per heavy atom. The van der Waals surface area contributed by atoms with Gasteiger partial charge in [0, 0.05) is 12.1 Å². The zero-order chi connectivity index (χ0) is 16.0. The van der Waals surface area contributed by atoms with Crippen LogP contribution >= 0.6 is 0 Å². The minimum Gasteiger partial charge on any atom is -0.350 e. The summed E-state index contributed by atoms with van der Waals surface area (Å²) >= 11 is 0. The predicted octanol–water partition coefficient (Wildman–Crippen LogP) is 4.47. The smallest absolute Gasteiger partial charge is 0.350 e. The van der Waals surface area contributed by atoms with E-state index in [1.54, 1.807) is 6.07 Å². The molecule has 0 bridgehead atoms. The molecule has 0 radical (unpaired) electrons. The van der Waals surface area contributed by atoms with E-state index in [0.29, 0.717) is 6.08 Å². The monoisotopic (exact) mass is 311 g/mol. The molecule has 5 heteroatoms. The van der Waals surface area contributed by atoms with E-state index in [2.05, 4.69) is 5.32 Å². The maximum absolute atomic E-state index is 13.2. The number of alkyl halides is 3. The number of halogens is 3. The molecule has 0 aliphatic heterocycles. The Hall–Kier alpha value is -1.78. The molecule has 1 amide bonds. The van der Waals surface area contributed by atoms with Gasteiger partial charge in [-0.3, -0.25) is 4.79 Å². The lowest BCUT2D eigenvalue weighted by atomic mass is 10.0. The van der Waals surface area contributed by atoms with Crippen molar-refractivity contribution in [3.8, 4) is 0 Å². The van der Waals surface area contributed by atoms with Crippen molar-refractivity contribution < 1.29 is 18.0 Å². The maximum atomic E-state index is 13.2. The number of hydrogen-bond acceptors (Lipinski definition) is 1. The zero-order valence-corrected chi connectivity index (χ0v) is 12.3. The fourth-order valence-electron chi connectivity index (χ4n) is 2.74. The summed E-state index contributed by atoms with van der Waals surface area (Å²) in [5.41, 5.74) is -0.898. The van der Waals surface area contributed by atoms with E-state index >= 15 is 0 Å². The second kappa shape index (κ2) is 7.47. The number of rotatable bonds is 3. The molecular formula is C17H20F3NO. The van der Waals surface area contributed by atoms with Crippen LogP contribution in [0.3, 0.4) is 0 Å². The number of hydrogen-bond donors (Lipinski definition) is 1. The molecule has 1 aromatic rings. The van der Waals surface area contributed by atoms with Gasteiger partial charge in [0.1, 0.15) is 0 Å². The van der Waals surface area contributed by atoms with Gasteiger partial charge in [0.2, 0.25) is 5.91 Å². The van der Waals surface area contributed by atoms with E-state index in [1.807, 2.05) is 0 Å². The van der Waals surface area contributed by atoms with Crippen LogP contribution in [0.15, 0.2) is 36.4 Å². The molecule has 22 heavy (non-hydrogen) atoms. The molecule has 1 saturated carbocycles. The van der Waals surface area contributed by atoms with Gasteiger partial charge in [-0.1, -0.05) is 56.0 Å². The SMILES string of the molecule is O=C(/C=C(\c1ccccc1)C(F)(F)F)NC1CCCCCC1. The number of nitrogens with one attached hydrogen (secondary N) is 1. The van der Waals surface area contributed by atoms with Gasteiger partial charge >= 0.3 is 6.18 Å². The summed E-state index contributed by atoms with van der Waals surface area (Å²) in [6.07, 6.45) is 2.08. The Kier molecular flexibility index (Phi) is 5.63. The number of carbonyl (C=O) groups is 1. The van der Waals surface area contributed by atoms with Gasteiger partial charge in [0.25, 0.3) is 0 Å². The Balaban J connectivity index is 2.13. The molecule has 1 fully saturated rings. The first-order chi connectivity index (χ1) is 10.5. The minimum absolute atomic E-state index is 0.00557. The van der Waals surface area contributed by atoms with Gasteiger partial charge in [-0.25, -0.2) is 0 Å². The molecule has 1 aromatic carbocycles. The van der Waals surface area contributed by atoms with Crippen LogP contribution in [0.5, 0.6) is 0 Å². The highest BCUT2D eigenvalue weighted by Gasteiger charge is 2.35. The van der Waals surface area contributed by atoms with E-state index in [1.165, 1.54) is 24.3 Å². The number of allylic oxidation sites excluding steroid dienone is 1. The fraction of sp³-hybridized carbons (Fsp3) is 0.471. The molecule has 0 heterocycles. The molecule has 0 aromatic heterocycles. The lowest BCUT2D eigenvalue weighted by Crippen LogP contribution is -2.33. The molecule has 1 aliphatic carbocycles. The number of amides is 1. The van der Waals surface area contributed by atoms with Gasteiger partial charge in [0.05, 0.1) is 5.57 Å². The third-order valence-electron chi connectivity index (χ3n) is 3.87. The van der Waals surface area contributed by atoms with Gasteiger partial charge in [-0.15, -0.1) is 0 Å². The maximum Gasteiger partial charge on any atom is 0.417 e. The van der Waals surface area contributed by atoms with Gasteiger partial charge in [-0.2, -0.15) is 13.2 Å². The quantitative estimate of drug-likeness (QED) is 0.647. The van der Waals surface area contributed by atoms with Gasteiger partial charge < -0.3 is 5.32 Å². The van der Waals surface area contributed by atoms with E-state index in [0.717, 1.165) is 38.5 Å². The normalized spacial score (nSPS) is 17.9. The highest BCUT2D eigenvalue weighted by molar-refractivity contribution is 5.96. The van der Waals surface area contributed by atoms with Crippen molar-refractivity contribution in [2.45, 2.75) is 50.7 Å². The van der Waals surface area contributed by atoms with Crippen molar-refractivity contribution >= 4 is 11.5 Å². The second-order valence-corrected chi connectivity index (χ2v) is 5.62. The molecule has 0 spiro atoms. The second-order valence-electron chi connectivity index (χ2n) is 5.62. The molecule has 2 rings (SSSR count). The molecular weight excluding hydrogens is 291 g/mol. The van der Waals surface area contributed by atoms with Crippen molar-refractivity contribution in [1.29, 1.82) is 0 Å². The highest BCUT2D eigenvalue weighted by atomic mass is 19.4. The minimum atomic E-state index is -4.55. The predicted molar refractivity (Wildman–Crippen MR) is 80.1 cm³/mol. The molecule has 0 atom stereocenters. The number of benzene rings is 1. The molecule has 1 N–H and O–H groups in total. The largest absolute Gasteiger partial charge is 0.417 e. The Bertz CT molecular complexity index is 514. The van der Waals surface area contributed by atoms with Crippen LogP contribution in [0.4, 0.5) is 13.2 Å². The van der Waals surface area contributed by atoms with E-state index in [-0.39, 0.29) is 11.6 Å². The summed E-state index contributed by atoms with van der Waals surface area (Å²) in [4.78, 5) is 12.0. The van der Waals surface area contributed by atoms with E-state index < -0.39 is 17.7 Å². The Morgan fingerprint density at radius 1 is 1.05 bits per heavy atom. The first kappa shape index (κ1) is 16.6. The van der Waals surface area contributed by atoms with Gasteiger partial charge in [0.15, 0.2) is 0 Å². The summed E-state index contributed by atoms with van der Waals surface area (Å²) in [6, 6.07) is 7.40. The molecule has 120 valence electrons. The summed E-state index contributed by atoms with van der Waals surface area (Å²) in [7, 11) is 0. The zero-order valence-electron chi connectivity index (χ0n) is 12.3. The van der Waals surface area contributed by atoms with E-state index in [9.17, 15) is 18.0 Å². The Morgan fingerprint density at radius 3 is 2.18 bits per heavy atom. The van der Waals surface area contributed by atoms with Crippen molar-refractivity contribution in [2.75, 3.05) is 0 Å². The van der Waals surface area contributed by atoms with Crippen LogP contribution in [-0.2, 0) is 4.79 Å². The van der Waals surface area contributed by atoms with Gasteiger partial charge in [-0.05, 0) is 18.4 Å². The topological polar surface area (TPSA) is 29.1 Å². The Labute approximate surface area is 128 Å². The highest BCUT2D eigenvalue weighted by Crippen LogP contribution is 2.33. The van der Waals surface area contributed by atoms with Crippen LogP contribution in [-0.4, -0.2) is 18.1 Å². The third-order valence-corrected chi connectivity index (χ3v) is 3.87.